The van der Waals surface area contributed by atoms with Crippen molar-refractivity contribution >= 4 is 11.6 Å². The normalized spacial score (nSPS) is 33.0. The Morgan fingerprint density at radius 2 is 1.83 bits per heavy atom. The smallest absolute Gasteiger partial charge is 0.156 e. The minimum absolute atomic E-state index is 0.206. The molecule has 0 radical (unpaired) electrons. The number of carbonyl (C=O) groups is 2. The van der Waals surface area contributed by atoms with Gasteiger partial charge in [-0.25, -0.2) is 0 Å². The maximum absolute atomic E-state index is 13.0. The molecular weight excluding hydrogens is 372 g/mol. The fourth-order valence-corrected chi connectivity index (χ4v) is 6.75. The Morgan fingerprint density at radius 1 is 1.03 bits per heavy atom. The highest BCUT2D eigenvalue weighted by molar-refractivity contribution is 5.93. The number of Topliss-reactive ketones (excluding diaryl/α,β-unsaturated/α-hetero) is 1. The Kier molecular flexibility index (Phi) is 4.95. The maximum Gasteiger partial charge on any atom is 0.156 e. The third-order valence-electron chi connectivity index (χ3n) is 8.20. The van der Waals surface area contributed by atoms with E-state index in [1.54, 1.807) is 5.57 Å². The van der Waals surface area contributed by atoms with Crippen molar-refractivity contribution in [2.75, 3.05) is 6.61 Å². The summed E-state index contributed by atoms with van der Waals surface area (Å²) in [6.07, 6.45) is 9.17. The standard InChI is InChI=1S/C27H32O3/c1-3-14-30-20-8-4-17(5-9-20)23-16-27(2)24(12-13-25(27)29)22-10-6-18-15-19(28)7-11-21(18)26(22)23/h4-5,8-9,15,22-24H,3,6-7,10-14,16H2,1-2H3/t22?,23-,24?,27-/m0/s1. The molecule has 0 saturated heterocycles. The van der Waals surface area contributed by atoms with Crippen LogP contribution in [0.15, 0.2) is 47.1 Å². The summed E-state index contributed by atoms with van der Waals surface area (Å²) in [4.78, 5) is 25.1. The van der Waals surface area contributed by atoms with Gasteiger partial charge >= 0.3 is 0 Å². The van der Waals surface area contributed by atoms with Crippen LogP contribution in [0.3, 0.4) is 0 Å². The quantitative estimate of drug-likeness (QED) is 0.623. The predicted octanol–water partition coefficient (Wildman–Crippen LogP) is 5.94. The minimum atomic E-state index is -0.206. The van der Waals surface area contributed by atoms with Crippen LogP contribution < -0.4 is 4.74 Å². The molecule has 4 aliphatic carbocycles. The SMILES string of the molecule is CCCOc1ccc([C@@H]2C[C@]3(C)C(=O)CCC3C3CCC4=CC(=O)CCC4=C32)cc1. The van der Waals surface area contributed by atoms with Crippen LogP contribution in [0.1, 0.15) is 76.7 Å². The van der Waals surface area contributed by atoms with Gasteiger partial charge in [-0.05, 0) is 85.3 Å². The van der Waals surface area contributed by atoms with Gasteiger partial charge in [0.05, 0.1) is 6.61 Å². The zero-order valence-corrected chi connectivity index (χ0v) is 18.2. The summed E-state index contributed by atoms with van der Waals surface area (Å²) in [5.41, 5.74) is 5.37. The number of ether oxygens (including phenoxy) is 1. The van der Waals surface area contributed by atoms with Crippen LogP contribution >= 0.6 is 0 Å². The Hall–Kier alpha value is -2.16. The second-order valence-corrected chi connectivity index (χ2v) is 9.87. The third-order valence-corrected chi connectivity index (χ3v) is 8.20. The fourth-order valence-electron chi connectivity index (χ4n) is 6.75. The maximum atomic E-state index is 13.0. The molecule has 4 atom stereocenters. The highest BCUT2D eigenvalue weighted by atomic mass is 16.5. The average molecular weight is 405 g/mol. The van der Waals surface area contributed by atoms with Gasteiger partial charge in [0, 0.05) is 24.2 Å². The van der Waals surface area contributed by atoms with Crippen molar-refractivity contribution in [3.8, 4) is 5.75 Å². The van der Waals surface area contributed by atoms with Crippen molar-refractivity contribution in [3.63, 3.8) is 0 Å². The number of benzene rings is 1. The second kappa shape index (κ2) is 7.51. The monoisotopic (exact) mass is 404 g/mol. The Balaban J connectivity index is 1.59. The first-order valence-corrected chi connectivity index (χ1v) is 11.7. The summed E-state index contributed by atoms with van der Waals surface area (Å²) in [5.74, 6) is 2.87. The summed E-state index contributed by atoms with van der Waals surface area (Å²) >= 11 is 0. The number of allylic oxidation sites excluding steroid dienone is 4. The highest BCUT2D eigenvalue weighted by Gasteiger charge is 2.56. The van der Waals surface area contributed by atoms with Crippen LogP contribution in [0.5, 0.6) is 5.75 Å². The molecule has 1 aromatic carbocycles. The molecular formula is C27H32O3. The summed E-state index contributed by atoms with van der Waals surface area (Å²) in [6.45, 7) is 5.08. The van der Waals surface area contributed by atoms with E-state index in [1.807, 2.05) is 6.08 Å². The Labute approximate surface area is 179 Å². The average Bonchev–Trinajstić information content (AvgIpc) is 3.06. The van der Waals surface area contributed by atoms with E-state index < -0.39 is 0 Å². The van der Waals surface area contributed by atoms with Crippen molar-refractivity contribution in [1.82, 2.24) is 0 Å². The molecule has 1 aromatic rings. The molecule has 0 spiro atoms. The molecule has 0 heterocycles. The lowest BCUT2D eigenvalue weighted by atomic mass is 9.53. The number of ketones is 2. The number of hydrogen-bond donors (Lipinski definition) is 0. The minimum Gasteiger partial charge on any atom is -0.494 e. The zero-order chi connectivity index (χ0) is 20.9. The van der Waals surface area contributed by atoms with Crippen LogP contribution in [0.25, 0.3) is 0 Å². The van der Waals surface area contributed by atoms with Crippen molar-refractivity contribution in [3.05, 3.63) is 52.6 Å². The number of carbonyl (C=O) groups excluding carboxylic acids is 2. The summed E-state index contributed by atoms with van der Waals surface area (Å²) in [7, 11) is 0. The molecule has 0 bridgehead atoms. The van der Waals surface area contributed by atoms with Gasteiger partial charge in [0.2, 0.25) is 0 Å². The van der Waals surface area contributed by atoms with E-state index in [-0.39, 0.29) is 17.1 Å². The van der Waals surface area contributed by atoms with Crippen molar-refractivity contribution in [1.29, 1.82) is 0 Å². The van der Waals surface area contributed by atoms with Crippen molar-refractivity contribution in [2.45, 2.75) is 71.1 Å². The fraction of sp³-hybridized carbons (Fsp3) is 0.556. The van der Waals surface area contributed by atoms with Crippen LogP contribution in [0, 0.1) is 17.3 Å². The molecule has 0 aliphatic heterocycles. The molecule has 30 heavy (non-hydrogen) atoms. The molecule has 2 fully saturated rings. The Bertz CT molecular complexity index is 935. The highest BCUT2D eigenvalue weighted by Crippen LogP contribution is 2.62. The summed E-state index contributed by atoms with van der Waals surface area (Å²) in [6, 6.07) is 8.57. The van der Waals surface area contributed by atoms with Crippen LogP contribution in [-0.2, 0) is 9.59 Å². The van der Waals surface area contributed by atoms with E-state index in [9.17, 15) is 9.59 Å². The zero-order valence-electron chi connectivity index (χ0n) is 18.2. The van der Waals surface area contributed by atoms with Gasteiger partial charge in [-0.3, -0.25) is 9.59 Å². The number of fused-ring (bicyclic) bond motifs is 4. The van der Waals surface area contributed by atoms with E-state index in [4.69, 9.17) is 4.74 Å². The molecule has 0 amide bonds. The second-order valence-electron chi connectivity index (χ2n) is 9.87. The molecule has 3 nitrogen and oxygen atoms in total. The topological polar surface area (TPSA) is 43.4 Å². The lowest BCUT2D eigenvalue weighted by Gasteiger charge is -2.50. The number of hydrogen-bond acceptors (Lipinski definition) is 3. The van der Waals surface area contributed by atoms with Crippen LogP contribution in [0.2, 0.25) is 0 Å². The first-order chi connectivity index (χ1) is 14.5. The van der Waals surface area contributed by atoms with E-state index in [0.717, 1.165) is 57.3 Å². The predicted molar refractivity (Wildman–Crippen MR) is 117 cm³/mol. The van der Waals surface area contributed by atoms with E-state index >= 15 is 0 Å². The van der Waals surface area contributed by atoms with Gasteiger partial charge in [0.1, 0.15) is 11.5 Å². The summed E-state index contributed by atoms with van der Waals surface area (Å²) in [5, 5.41) is 0. The van der Waals surface area contributed by atoms with E-state index in [1.165, 1.54) is 16.7 Å². The van der Waals surface area contributed by atoms with Gasteiger partial charge in [-0.2, -0.15) is 0 Å². The first-order valence-electron chi connectivity index (χ1n) is 11.7. The van der Waals surface area contributed by atoms with Gasteiger partial charge in [-0.15, -0.1) is 0 Å². The van der Waals surface area contributed by atoms with Crippen molar-refractivity contribution < 1.29 is 14.3 Å². The lowest BCUT2D eigenvalue weighted by Crippen LogP contribution is -2.43. The van der Waals surface area contributed by atoms with Gasteiger partial charge in [0.25, 0.3) is 0 Å². The van der Waals surface area contributed by atoms with Crippen molar-refractivity contribution in [2.24, 2.45) is 17.3 Å². The third kappa shape index (κ3) is 3.09. The molecule has 3 heteroatoms. The van der Waals surface area contributed by atoms with Crippen LogP contribution in [-0.4, -0.2) is 18.2 Å². The molecule has 158 valence electrons. The number of rotatable bonds is 4. The first kappa shape index (κ1) is 19.8. The molecule has 2 saturated carbocycles. The molecule has 0 aromatic heterocycles. The van der Waals surface area contributed by atoms with E-state index in [0.29, 0.717) is 24.0 Å². The lowest BCUT2D eigenvalue weighted by molar-refractivity contribution is -0.128. The molecule has 5 rings (SSSR count). The molecule has 0 N–H and O–H groups in total. The Morgan fingerprint density at radius 3 is 2.60 bits per heavy atom. The molecule has 2 unspecified atom stereocenters. The van der Waals surface area contributed by atoms with Crippen LogP contribution in [0.4, 0.5) is 0 Å². The largest absolute Gasteiger partial charge is 0.494 e. The van der Waals surface area contributed by atoms with Gasteiger partial charge < -0.3 is 4.74 Å². The summed E-state index contributed by atoms with van der Waals surface area (Å²) < 4.78 is 5.80. The molecule has 4 aliphatic rings. The van der Waals surface area contributed by atoms with Gasteiger partial charge in [-0.1, -0.05) is 31.6 Å². The van der Waals surface area contributed by atoms with E-state index in [2.05, 4.69) is 38.1 Å². The van der Waals surface area contributed by atoms with Gasteiger partial charge in [0.15, 0.2) is 5.78 Å².